The van der Waals surface area contributed by atoms with Gasteiger partial charge in [-0.2, -0.15) is 0 Å². The minimum absolute atomic E-state index is 0.887. The van der Waals surface area contributed by atoms with Crippen LogP contribution in [0.5, 0.6) is 0 Å². The normalized spacial score (nSPS) is 32.3. The van der Waals surface area contributed by atoms with Crippen molar-refractivity contribution in [3.05, 3.63) is 18.2 Å². The van der Waals surface area contributed by atoms with Gasteiger partial charge < -0.3 is 10.3 Å². The zero-order valence-electron chi connectivity index (χ0n) is 8.24. The summed E-state index contributed by atoms with van der Waals surface area (Å²) in [7, 11) is 0. The van der Waals surface area contributed by atoms with Crippen molar-refractivity contribution in [2.75, 3.05) is 26.2 Å². The standard InChI is InChI=1S/C10H16N4/c1-8-4-14(5-9(8)2-11-1)6-10-3-12-7-13-10/h3,7-9,11H,1-2,4-6H2,(H,12,13). The van der Waals surface area contributed by atoms with Gasteiger partial charge in [0.25, 0.3) is 0 Å². The Balaban J connectivity index is 1.61. The van der Waals surface area contributed by atoms with Crippen molar-refractivity contribution in [1.29, 1.82) is 0 Å². The highest BCUT2D eigenvalue weighted by Gasteiger charge is 2.35. The monoisotopic (exact) mass is 192 g/mol. The number of hydrogen-bond donors (Lipinski definition) is 2. The molecule has 0 saturated carbocycles. The topological polar surface area (TPSA) is 44.0 Å². The van der Waals surface area contributed by atoms with Crippen LogP contribution in [0.15, 0.2) is 12.5 Å². The Hall–Kier alpha value is -0.870. The molecule has 3 rings (SSSR count). The molecule has 0 aliphatic carbocycles. The van der Waals surface area contributed by atoms with Crippen LogP contribution in [0.4, 0.5) is 0 Å². The minimum Gasteiger partial charge on any atom is -0.347 e. The average Bonchev–Trinajstić information content (AvgIpc) is 2.78. The van der Waals surface area contributed by atoms with E-state index in [-0.39, 0.29) is 0 Å². The molecular weight excluding hydrogens is 176 g/mol. The maximum absolute atomic E-state index is 4.04. The van der Waals surface area contributed by atoms with E-state index in [2.05, 4.69) is 20.2 Å². The van der Waals surface area contributed by atoms with Gasteiger partial charge in [-0.1, -0.05) is 0 Å². The molecule has 2 saturated heterocycles. The summed E-state index contributed by atoms with van der Waals surface area (Å²) in [5.74, 6) is 1.77. The number of H-pyrrole nitrogens is 1. The number of nitrogens with zero attached hydrogens (tertiary/aromatic N) is 2. The third-order valence-electron chi connectivity index (χ3n) is 3.41. The molecule has 2 atom stereocenters. The molecule has 2 fully saturated rings. The van der Waals surface area contributed by atoms with Crippen LogP contribution in [0.2, 0.25) is 0 Å². The first kappa shape index (κ1) is 8.44. The minimum atomic E-state index is 0.887. The van der Waals surface area contributed by atoms with Gasteiger partial charge in [0.1, 0.15) is 0 Å². The van der Waals surface area contributed by atoms with Crippen molar-refractivity contribution < 1.29 is 0 Å². The summed E-state index contributed by atoms with van der Waals surface area (Å²) in [6.45, 7) is 5.95. The second-order valence-corrected chi connectivity index (χ2v) is 4.45. The van der Waals surface area contributed by atoms with Crippen LogP contribution in [0, 0.1) is 11.8 Å². The summed E-state index contributed by atoms with van der Waals surface area (Å²) in [6, 6.07) is 0. The molecule has 1 aromatic rings. The maximum atomic E-state index is 4.04. The van der Waals surface area contributed by atoms with Crippen molar-refractivity contribution in [3.63, 3.8) is 0 Å². The fourth-order valence-corrected chi connectivity index (χ4v) is 2.69. The van der Waals surface area contributed by atoms with Crippen LogP contribution in [0.25, 0.3) is 0 Å². The van der Waals surface area contributed by atoms with Gasteiger partial charge in [0, 0.05) is 31.5 Å². The van der Waals surface area contributed by atoms with Gasteiger partial charge in [-0.15, -0.1) is 0 Å². The van der Waals surface area contributed by atoms with Crippen LogP contribution >= 0.6 is 0 Å². The predicted molar refractivity (Wildman–Crippen MR) is 53.7 cm³/mol. The Bertz CT molecular complexity index is 283. The Labute approximate surface area is 83.7 Å². The Kier molecular flexibility index (Phi) is 2.03. The van der Waals surface area contributed by atoms with E-state index in [1.54, 1.807) is 6.33 Å². The van der Waals surface area contributed by atoms with Gasteiger partial charge in [-0.3, -0.25) is 4.90 Å². The molecule has 2 aliphatic heterocycles. The lowest BCUT2D eigenvalue weighted by molar-refractivity contribution is 0.302. The van der Waals surface area contributed by atoms with E-state index in [0.717, 1.165) is 18.4 Å². The molecule has 0 amide bonds. The second kappa shape index (κ2) is 3.37. The number of aromatic nitrogens is 2. The summed E-state index contributed by atoms with van der Waals surface area (Å²) < 4.78 is 0. The van der Waals surface area contributed by atoms with Crippen molar-refractivity contribution in [2.24, 2.45) is 11.8 Å². The fourth-order valence-electron chi connectivity index (χ4n) is 2.69. The fraction of sp³-hybridized carbons (Fsp3) is 0.700. The van der Waals surface area contributed by atoms with Crippen molar-refractivity contribution in [1.82, 2.24) is 20.2 Å². The second-order valence-electron chi connectivity index (χ2n) is 4.45. The van der Waals surface area contributed by atoms with Crippen LogP contribution in [0.3, 0.4) is 0 Å². The highest BCUT2D eigenvalue weighted by molar-refractivity contribution is 4.98. The zero-order chi connectivity index (χ0) is 9.38. The lowest BCUT2D eigenvalue weighted by Crippen LogP contribution is -2.25. The molecule has 0 bridgehead atoms. The quantitative estimate of drug-likeness (QED) is 0.696. The number of hydrogen-bond acceptors (Lipinski definition) is 3. The number of fused-ring (bicyclic) bond motifs is 1. The number of aromatic amines is 1. The summed E-state index contributed by atoms with van der Waals surface area (Å²) in [5, 5.41) is 3.46. The Morgan fingerprint density at radius 1 is 1.36 bits per heavy atom. The highest BCUT2D eigenvalue weighted by Crippen LogP contribution is 2.26. The molecule has 4 nitrogen and oxygen atoms in total. The van der Waals surface area contributed by atoms with Gasteiger partial charge in [-0.25, -0.2) is 4.98 Å². The molecule has 2 aliphatic rings. The van der Waals surface area contributed by atoms with E-state index < -0.39 is 0 Å². The van der Waals surface area contributed by atoms with E-state index in [1.807, 2.05) is 6.20 Å². The van der Waals surface area contributed by atoms with Crippen LogP contribution in [0.1, 0.15) is 5.69 Å². The molecule has 76 valence electrons. The summed E-state index contributed by atoms with van der Waals surface area (Å²) in [5.41, 5.74) is 1.23. The largest absolute Gasteiger partial charge is 0.347 e. The predicted octanol–water partition coefficient (Wildman–Crippen LogP) is 0.0609. The first-order valence-corrected chi connectivity index (χ1v) is 5.32. The van der Waals surface area contributed by atoms with Gasteiger partial charge >= 0.3 is 0 Å². The van der Waals surface area contributed by atoms with Crippen LogP contribution in [-0.2, 0) is 6.54 Å². The van der Waals surface area contributed by atoms with Gasteiger partial charge in [0.2, 0.25) is 0 Å². The number of imidazole rings is 1. The molecule has 1 aromatic heterocycles. The Morgan fingerprint density at radius 2 is 2.14 bits per heavy atom. The molecule has 0 aromatic carbocycles. The SMILES string of the molecule is c1ncc(CN2CC3CNCC3C2)[nH]1. The van der Waals surface area contributed by atoms with Gasteiger partial charge in [-0.05, 0) is 24.9 Å². The molecule has 0 spiro atoms. The summed E-state index contributed by atoms with van der Waals surface area (Å²) in [6.07, 6.45) is 3.68. The molecular formula is C10H16N4. The zero-order valence-corrected chi connectivity index (χ0v) is 8.24. The first-order valence-electron chi connectivity index (χ1n) is 5.32. The molecule has 4 heteroatoms. The number of rotatable bonds is 2. The number of nitrogens with one attached hydrogen (secondary N) is 2. The lowest BCUT2D eigenvalue weighted by atomic mass is 10.0. The molecule has 2 N–H and O–H groups in total. The van der Waals surface area contributed by atoms with Gasteiger partial charge in [0.05, 0.1) is 6.33 Å². The van der Waals surface area contributed by atoms with E-state index in [0.29, 0.717) is 0 Å². The lowest BCUT2D eigenvalue weighted by Gasteiger charge is -2.15. The third kappa shape index (κ3) is 1.44. The third-order valence-corrected chi connectivity index (χ3v) is 3.41. The van der Waals surface area contributed by atoms with Crippen molar-refractivity contribution >= 4 is 0 Å². The molecule has 14 heavy (non-hydrogen) atoms. The maximum Gasteiger partial charge on any atom is 0.0922 e. The average molecular weight is 192 g/mol. The van der Waals surface area contributed by atoms with Crippen LogP contribution in [-0.4, -0.2) is 41.0 Å². The Morgan fingerprint density at radius 3 is 2.79 bits per heavy atom. The smallest absolute Gasteiger partial charge is 0.0922 e. The summed E-state index contributed by atoms with van der Waals surface area (Å²) >= 11 is 0. The highest BCUT2D eigenvalue weighted by atomic mass is 15.2. The molecule has 3 heterocycles. The van der Waals surface area contributed by atoms with E-state index >= 15 is 0 Å². The first-order chi connectivity index (χ1) is 6.92. The molecule has 2 unspecified atom stereocenters. The van der Waals surface area contributed by atoms with Crippen molar-refractivity contribution in [2.45, 2.75) is 6.54 Å². The van der Waals surface area contributed by atoms with E-state index in [4.69, 9.17) is 0 Å². The van der Waals surface area contributed by atoms with Crippen LogP contribution < -0.4 is 5.32 Å². The molecule has 0 radical (unpaired) electrons. The van der Waals surface area contributed by atoms with Crippen molar-refractivity contribution in [3.8, 4) is 0 Å². The van der Waals surface area contributed by atoms with E-state index in [1.165, 1.54) is 31.9 Å². The van der Waals surface area contributed by atoms with Gasteiger partial charge in [0.15, 0.2) is 0 Å². The summed E-state index contributed by atoms with van der Waals surface area (Å²) in [4.78, 5) is 9.73. The number of likely N-dealkylation sites (tertiary alicyclic amines) is 1. The van der Waals surface area contributed by atoms with E-state index in [9.17, 15) is 0 Å².